The molecule has 3 aromatic rings. The SMILES string of the molecule is Cc1cc(N)c(Nc2cc(S(=O)(=O)O)c(N)c3c2C(=O)c2ccccc2C3=O)cc1S(=O)(=O)O. The van der Waals surface area contributed by atoms with Crippen molar-refractivity contribution in [2.45, 2.75) is 16.7 Å². The second kappa shape index (κ2) is 7.63. The van der Waals surface area contributed by atoms with Crippen LogP contribution in [0.4, 0.5) is 22.7 Å². The highest BCUT2D eigenvalue weighted by Crippen LogP contribution is 2.41. The summed E-state index contributed by atoms with van der Waals surface area (Å²) in [5.74, 6) is -1.41. The zero-order chi connectivity index (χ0) is 25.2. The lowest BCUT2D eigenvalue weighted by atomic mass is 9.82. The number of benzene rings is 3. The first-order valence-electron chi connectivity index (χ1n) is 9.49. The normalized spacial score (nSPS) is 13.4. The lowest BCUT2D eigenvalue weighted by Crippen LogP contribution is -2.25. The lowest BCUT2D eigenvalue weighted by molar-refractivity contribution is 0.0980. The Hall–Kier alpha value is -3.78. The number of rotatable bonds is 4. The summed E-state index contributed by atoms with van der Waals surface area (Å²) in [7, 11) is -9.60. The van der Waals surface area contributed by atoms with Crippen LogP contribution in [0.3, 0.4) is 0 Å². The Balaban J connectivity index is 2.04. The molecule has 0 fully saturated rings. The minimum absolute atomic E-state index is 0.00588. The molecule has 7 N–H and O–H groups in total. The number of ketones is 2. The van der Waals surface area contributed by atoms with Crippen molar-refractivity contribution in [3.05, 3.63) is 70.3 Å². The second-order valence-corrected chi connectivity index (χ2v) is 10.3. The Kier molecular flexibility index (Phi) is 5.25. The summed E-state index contributed by atoms with van der Waals surface area (Å²) in [4.78, 5) is 25.2. The van der Waals surface area contributed by atoms with Crippen LogP contribution in [-0.2, 0) is 20.2 Å². The van der Waals surface area contributed by atoms with E-state index in [1.54, 1.807) is 0 Å². The largest absolute Gasteiger partial charge is 0.397 e. The van der Waals surface area contributed by atoms with Crippen LogP contribution in [0.15, 0.2) is 52.3 Å². The van der Waals surface area contributed by atoms with Gasteiger partial charge in [-0.05, 0) is 30.7 Å². The minimum Gasteiger partial charge on any atom is -0.397 e. The fraction of sp³-hybridized carbons (Fsp3) is 0.0476. The first-order valence-corrected chi connectivity index (χ1v) is 12.4. The molecule has 34 heavy (non-hydrogen) atoms. The van der Waals surface area contributed by atoms with Crippen molar-refractivity contribution in [2.75, 3.05) is 16.8 Å². The Labute approximate surface area is 193 Å². The van der Waals surface area contributed by atoms with E-state index in [9.17, 15) is 35.5 Å². The predicted molar refractivity (Wildman–Crippen MR) is 123 cm³/mol. The van der Waals surface area contributed by atoms with Gasteiger partial charge in [0.15, 0.2) is 11.6 Å². The summed E-state index contributed by atoms with van der Waals surface area (Å²) in [6, 6.07) is 8.90. The van der Waals surface area contributed by atoms with Crippen LogP contribution in [0.25, 0.3) is 0 Å². The number of fused-ring (bicyclic) bond motifs is 2. The molecule has 0 aromatic heterocycles. The van der Waals surface area contributed by atoms with E-state index in [2.05, 4.69) is 5.32 Å². The average molecular weight is 504 g/mol. The van der Waals surface area contributed by atoms with Gasteiger partial charge in [0.1, 0.15) is 4.90 Å². The van der Waals surface area contributed by atoms with Crippen LogP contribution in [0.5, 0.6) is 0 Å². The van der Waals surface area contributed by atoms with E-state index >= 15 is 0 Å². The molecule has 0 atom stereocenters. The van der Waals surface area contributed by atoms with Crippen LogP contribution >= 0.6 is 0 Å². The molecule has 0 bridgehead atoms. The van der Waals surface area contributed by atoms with E-state index in [0.717, 1.165) is 12.1 Å². The van der Waals surface area contributed by atoms with Crippen LogP contribution in [0.2, 0.25) is 0 Å². The van der Waals surface area contributed by atoms with E-state index < -0.39 is 52.8 Å². The van der Waals surface area contributed by atoms with E-state index in [-0.39, 0.29) is 39.3 Å². The molecule has 0 saturated heterocycles. The molecule has 0 saturated carbocycles. The summed E-state index contributed by atoms with van der Waals surface area (Å²) in [5, 5.41) is 2.66. The van der Waals surface area contributed by atoms with Crippen molar-refractivity contribution in [1.29, 1.82) is 0 Å². The first-order chi connectivity index (χ1) is 15.7. The molecule has 0 spiro atoms. The molecule has 13 heteroatoms. The molecule has 0 radical (unpaired) electrons. The molecule has 1 aliphatic carbocycles. The number of nitrogens with one attached hydrogen (secondary N) is 1. The van der Waals surface area contributed by atoms with Gasteiger partial charge in [-0.1, -0.05) is 24.3 Å². The van der Waals surface area contributed by atoms with Gasteiger partial charge in [-0.3, -0.25) is 18.7 Å². The molecule has 3 aromatic carbocycles. The van der Waals surface area contributed by atoms with Gasteiger partial charge < -0.3 is 16.8 Å². The Morgan fingerprint density at radius 1 is 0.765 bits per heavy atom. The number of hydrogen-bond acceptors (Lipinski definition) is 9. The number of nitrogen functional groups attached to an aromatic ring is 2. The molecule has 0 unspecified atom stereocenters. The summed E-state index contributed by atoms with van der Waals surface area (Å²) >= 11 is 0. The molecule has 11 nitrogen and oxygen atoms in total. The summed E-state index contributed by atoms with van der Waals surface area (Å²) < 4.78 is 66.6. The zero-order valence-electron chi connectivity index (χ0n) is 17.4. The van der Waals surface area contributed by atoms with Crippen molar-refractivity contribution in [1.82, 2.24) is 0 Å². The third-order valence-electron chi connectivity index (χ3n) is 5.37. The molecule has 4 rings (SSSR count). The van der Waals surface area contributed by atoms with E-state index in [1.807, 2.05) is 0 Å². The van der Waals surface area contributed by atoms with E-state index in [4.69, 9.17) is 11.5 Å². The van der Waals surface area contributed by atoms with Gasteiger partial charge in [0.2, 0.25) is 0 Å². The first kappa shape index (κ1) is 23.4. The monoisotopic (exact) mass is 503 g/mol. The quantitative estimate of drug-likeness (QED) is 0.201. The number of carbonyl (C=O) groups is 2. The van der Waals surface area contributed by atoms with Gasteiger partial charge in [-0.2, -0.15) is 16.8 Å². The lowest BCUT2D eigenvalue weighted by Gasteiger charge is -2.24. The minimum atomic E-state index is -4.94. The van der Waals surface area contributed by atoms with E-state index in [0.29, 0.717) is 0 Å². The topological polar surface area (TPSA) is 207 Å². The molecule has 176 valence electrons. The van der Waals surface area contributed by atoms with Crippen molar-refractivity contribution >= 4 is 54.6 Å². The highest BCUT2D eigenvalue weighted by atomic mass is 32.2. The van der Waals surface area contributed by atoms with E-state index in [1.165, 1.54) is 37.3 Å². The maximum Gasteiger partial charge on any atom is 0.296 e. The van der Waals surface area contributed by atoms with Crippen molar-refractivity contribution in [2.24, 2.45) is 0 Å². The summed E-state index contributed by atoms with van der Waals surface area (Å²) in [5.41, 5.74) is 10.3. The van der Waals surface area contributed by atoms with Crippen molar-refractivity contribution in [3.8, 4) is 0 Å². The Morgan fingerprint density at radius 3 is 1.79 bits per heavy atom. The highest BCUT2D eigenvalue weighted by Gasteiger charge is 2.36. The predicted octanol–water partition coefficient (Wildman–Crippen LogP) is 2.17. The Bertz CT molecular complexity index is 1640. The second-order valence-electron chi connectivity index (χ2n) is 7.57. The average Bonchev–Trinajstić information content (AvgIpc) is 2.73. The van der Waals surface area contributed by atoms with Crippen molar-refractivity contribution in [3.63, 3.8) is 0 Å². The van der Waals surface area contributed by atoms with Gasteiger partial charge in [0.05, 0.1) is 38.8 Å². The molecular formula is C21H17N3O8S2. The summed E-state index contributed by atoms with van der Waals surface area (Å²) in [6.07, 6.45) is 0. The van der Waals surface area contributed by atoms with Gasteiger partial charge in [0, 0.05) is 11.1 Å². The Morgan fingerprint density at radius 2 is 1.26 bits per heavy atom. The van der Waals surface area contributed by atoms with Gasteiger partial charge >= 0.3 is 0 Å². The van der Waals surface area contributed by atoms with Crippen LogP contribution < -0.4 is 16.8 Å². The molecule has 0 heterocycles. The summed E-state index contributed by atoms with van der Waals surface area (Å²) in [6.45, 7) is 1.39. The van der Waals surface area contributed by atoms with Crippen LogP contribution in [-0.4, -0.2) is 37.5 Å². The maximum absolute atomic E-state index is 13.3. The van der Waals surface area contributed by atoms with Gasteiger partial charge in [-0.25, -0.2) is 0 Å². The van der Waals surface area contributed by atoms with Gasteiger partial charge in [-0.15, -0.1) is 0 Å². The number of aryl methyl sites for hydroxylation is 1. The molecular weight excluding hydrogens is 486 g/mol. The third-order valence-corrected chi connectivity index (χ3v) is 7.26. The molecule has 0 aliphatic heterocycles. The van der Waals surface area contributed by atoms with Gasteiger partial charge in [0.25, 0.3) is 20.2 Å². The number of carbonyl (C=O) groups excluding carboxylic acids is 2. The molecule has 1 aliphatic rings. The standard InChI is InChI=1S/C21H17N3O8S2/c1-9-6-12(22)13(7-15(9)33(27,28)29)24-14-8-16(34(30,31)32)19(23)18-17(14)20(25)10-4-2-3-5-11(10)21(18)26/h2-8,24H,22-23H2,1H3,(H,27,28,29)(H,30,31,32). The highest BCUT2D eigenvalue weighted by molar-refractivity contribution is 7.86. The smallest absolute Gasteiger partial charge is 0.296 e. The third kappa shape index (κ3) is 3.70. The van der Waals surface area contributed by atoms with Crippen LogP contribution in [0.1, 0.15) is 37.4 Å². The number of hydrogen-bond donors (Lipinski definition) is 5. The zero-order valence-corrected chi connectivity index (χ0v) is 19.0. The maximum atomic E-state index is 13.3. The molecule has 0 amide bonds. The fourth-order valence-electron chi connectivity index (χ4n) is 3.85. The fourth-order valence-corrected chi connectivity index (χ4v) is 5.23. The number of nitrogens with two attached hydrogens (primary N) is 2. The van der Waals surface area contributed by atoms with Crippen molar-refractivity contribution < 1.29 is 35.5 Å². The van der Waals surface area contributed by atoms with Crippen LogP contribution in [0, 0.1) is 6.92 Å². The number of anilines is 4.